The third-order valence-electron chi connectivity index (χ3n) is 6.67. The maximum atomic E-state index is 4.86. The molecule has 1 atom stereocenters. The van der Waals surface area contributed by atoms with Crippen molar-refractivity contribution in [1.29, 1.82) is 0 Å². The lowest BCUT2D eigenvalue weighted by Gasteiger charge is -2.34. The van der Waals surface area contributed by atoms with E-state index in [1.54, 1.807) is 0 Å². The van der Waals surface area contributed by atoms with Crippen LogP contribution in [0.25, 0.3) is 0 Å². The first-order chi connectivity index (χ1) is 13.7. The average molecular weight is 382 g/mol. The molecule has 3 aliphatic rings. The molecule has 0 N–H and O–H groups in total. The van der Waals surface area contributed by atoms with Crippen molar-refractivity contribution in [3.8, 4) is 0 Å². The SMILES string of the molecule is Cc1nc2c(c(N3CCCC(c4nnc(CN5CCCC5)n4C)C3)n1)CCC2. The largest absolute Gasteiger partial charge is 0.356 e. The van der Waals surface area contributed by atoms with Gasteiger partial charge in [-0.15, -0.1) is 10.2 Å². The highest BCUT2D eigenvalue weighted by atomic mass is 15.3. The molecule has 4 heterocycles. The van der Waals surface area contributed by atoms with Gasteiger partial charge in [-0.05, 0) is 65.0 Å². The average Bonchev–Trinajstić information content (AvgIpc) is 3.44. The molecular weight excluding hydrogens is 350 g/mol. The molecule has 7 heteroatoms. The van der Waals surface area contributed by atoms with E-state index in [-0.39, 0.29) is 0 Å². The molecular formula is C21H31N7. The van der Waals surface area contributed by atoms with Gasteiger partial charge < -0.3 is 9.47 Å². The van der Waals surface area contributed by atoms with E-state index in [2.05, 4.69) is 36.6 Å². The van der Waals surface area contributed by atoms with Gasteiger partial charge in [0.15, 0.2) is 0 Å². The number of piperidine rings is 1. The van der Waals surface area contributed by atoms with Gasteiger partial charge >= 0.3 is 0 Å². The van der Waals surface area contributed by atoms with E-state index >= 15 is 0 Å². The summed E-state index contributed by atoms with van der Waals surface area (Å²) in [4.78, 5) is 14.5. The summed E-state index contributed by atoms with van der Waals surface area (Å²) >= 11 is 0. The van der Waals surface area contributed by atoms with Crippen LogP contribution in [0.2, 0.25) is 0 Å². The van der Waals surface area contributed by atoms with Crippen LogP contribution >= 0.6 is 0 Å². The summed E-state index contributed by atoms with van der Waals surface area (Å²) in [5.41, 5.74) is 2.66. The molecule has 2 aromatic rings. The summed E-state index contributed by atoms with van der Waals surface area (Å²) in [6.07, 6.45) is 8.41. The van der Waals surface area contributed by atoms with Crippen molar-refractivity contribution in [2.75, 3.05) is 31.1 Å². The molecule has 2 aromatic heterocycles. The quantitative estimate of drug-likeness (QED) is 0.810. The van der Waals surface area contributed by atoms with Crippen LogP contribution in [0.15, 0.2) is 0 Å². The van der Waals surface area contributed by atoms with Crippen LogP contribution in [0, 0.1) is 6.92 Å². The monoisotopic (exact) mass is 381 g/mol. The molecule has 0 saturated carbocycles. The Morgan fingerprint density at radius 2 is 1.82 bits per heavy atom. The summed E-state index contributed by atoms with van der Waals surface area (Å²) in [7, 11) is 2.15. The minimum absolute atomic E-state index is 0.422. The number of aromatic nitrogens is 5. The van der Waals surface area contributed by atoms with Gasteiger partial charge in [-0.2, -0.15) is 0 Å². The molecule has 1 unspecified atom stereocenters. The maximum Gasteiger partial charge on any atom is 0.146 e. The van der Waals surface area contributed by atoms with E-state index in [9.17, 15) is 0 Å². The lowest BCUT2D eigenvalue weighted by atomic mass is 9.96. The van der Waals surface area contributed by atoms with Gasteiger partial charge in [-0.25, -0.2) is 9.97 Å². The van der Waals surface area contributed by atoms with Gasteiger partial charge in [0.2, 0.25) is 0 Å². The fraction of sp³-hybridized carbons (Fsp3) is 0.714. The number of hydrogen-bond donors (Lipinski definition) is 0. The van der Waals surface area contributed by atoms with Gasteiger partial charge in [-0.1, -0.05) is 0 Å². The van der Waals surface area contributed by atoms with Gasteiger partial charge in [-0.3, -0.25) is 4.90 Å². The van der Waals surface area contributed by atoms with E-state index in [4.69, 9.17) is 4.98 Å². The smallest absolute Gasteiger partial charge is 0.146 e. The highest BCUT2D eigenvalue weighted by molar-refractivity contribution is 5.51. The van der Waals surface area contributed by atoms with Crippen molar-refractivity contribution in [3.63, 3.8) is 0 Å². The van der Waals surface area contributed by atoms with E-state index in [0.717, 1.165) is 49.9 Å². The predicted octanol–water partition coefficient (Wildman–Crippen LogP) is 2.38. The Bertz CT molecular complexity index is 853. The molecule has 0 spiro atoms. The van der Waals surface area contributed by atoms with Gasteiger partial charge in [0, 0.05) is 37.3 Å². The van der Waals surface area contributed by atoms with E-state index in [1.165, 1.54) is 62.3 Å². The summed E-state index contributed by atoms with van der Waals surface area (Å²) in [6, 6.07) is 0. The summed E-state index contributed by atoms with van der Waals surface area (Å²) in [5.74, 6) is 4.76. The van der Waals surface area contributed by atoms with Crippen molar-refractivity contribution in [1.82, 2.24) is 29.6 Å². The Kier molecular flexibility index (Phi) is 4.78. The van der Waals surface area contributed by atoms with Gasteiger partial charge in [0.05, 0.1) is 6.54 Å². The van der Waals surface area contributed by atoms with Crippen LogP contribution in [-0.4, -0.2) is 55.8 Å². The molecule has 0 aromatic carbocycles. The minimum atomic E-state index is 0.422. The molecule has 2 aliphatic heterocycles. The Hall–Kier alpha value is -2.02. The third-order valence-corrected chi connectivity index (χ3v) is 6.67. The predicted molar refractivity (Wildman–Crippen MR) is 108 cm³/mol. The van der Waals surface area contributed by atoms with Crippen LogP contribution < -0.4 is 4.90 Å². The van der Waals surface area contributed by atoms with Gasteiger partial charge in [0.1, 0.15) is 23.3 Å². The second-order valence-corrected chi connectivity index (χ2v) is 8.68. The first kappa shape index (κ1) is 18.0. The van der Waals surface area contributed by atoms with Crippen LogP contribution in [-0.2, 0) is 26.4 Å². The van der Waals surface area contributed by atoms with Crippen molar-refractivity contribution >= 4 is 5.82 Å². The standard InChI is InChI=1S/C21H31N7/c1-15-22-18-9-5-8-17(18)21(23-15)28-12-6-7-16(13-28)20-25-24-19(26(20)2)14-27-10-3-4-11-27/h16H,3-14H2,1-2H3. The third kappa shape index (κ3) is 3.30. The molecule has 1 aliphatic carbocycles. The molecule has 5 rings (SSSR count). The summed E-state index contributed by atoms with van der Waals surface area (Å²) < 4.78 is 2.25. The Labute approximate surface area is 167 Å². The number of rotatable bonds is 4. The normalized spacial score (nSPS) is 22.8. The van der Waals surface area contributed by atoms with Crippen LogP contribution in [0.4, 0.5) is 5.82 Å². The number of anilines is 1. The number of nitrogens with zero attached hydrogens (tertiary/aromatic N) is 7. The molecule has 2 fully saturated rings. The highest BCUT2D eigenvalue weighted by Gasteiger charge is 2.30. The zero-order valence-corrected chi connectivity index (χ0v) is 17.2. The topological polar surface area (TPSA) is 63.0 Å². The lowest BCUT2D eigenvalue weighted by Crippen LogP contribution is -2.36. The maximum absolute atomic E-state index is 4.86. The first-order valence-electron chi connectivity index (χ1n) is 10.9. The zero-order valence-electron chi connectivity index (χ0n) is 17.2. The second kappa shape index (κ2) is 7.43. The molecule has 0 radical (unpaired) electrons. The molecule has 2 saturated heterocycles. The van der Waals surface area contributed by atoms with Crippen LogP contribution in [0.3, 0.4) is 0 Å². The Morgan fingerprint density at radius 1 is 0.964 bits per heavy atom. The van der Waals surface area contributed by atoms with E-state index < -0.39 is 0 Å². The Balaban J connectivity index is 1.36. The van der Waals surface area contributed by atoms with Gasteiger partial charge in [0.25, 0.3) is 0 Å². The molecule has 7 nitrogen and oxygen atoms in total. The molecule has 150 valence electrons. The highest BCUT2D eigenvalue weighted by Crippen LogP contribution is 2.34. The second-order valence-electron chi connectivity index (χ2n) is 8.68. The van der Waals surface area contributed by atoms with Crippen molar-refractivity contribution in [3.05, 3.63) is 28.7 Å². The number of hydrogen-bond acceptors (Lipinski definition) is 6. The zero-order chi connectivity index (χ0) is 19.1. The molecule has 28 heavy (non-hydrogen) atoms. The fourth-order valence-corrected chi connectivity index (χ4v) is 5.18. The minimum Gasteiger partial charge on any atom is -0.356 e. The van der Waals surface area contributed by atoms with Crippen molar-refractivity contribution in [2.24, 2.45) is 7.05 Å². The van der Waals surface area contributed by atoms with Crippen molar-refractivity contribution in [2.45, 2.75) is 64.3 Å². The number of likely N-dealkylation sites (tertiary alicyclic amines) is 1. The van der Waals surface area contributed by atoms with E-state index in [0.29, 0.717) is 5.92 Å². The molecule has 0 amide bonds. The van der Waals surface area contributed by atoms with Crippen LogP contribution in [0.5, 0.6) is 0 Å². The van der Waals surface area contributed by atoms with Crippen molar-refractivity contribution < 1.29 is 0 Å². The fourth-order valence-electron chi connectivity index (χ4n) is 5.18. The number of fused-ring (bicyclic) bond motifs is 1. The van der Waals surface area contributed by atoms with E-state index in [1.807, 2.05) is 6.92 Å². The summed E-state index contributed by atoms with van der Waals surface area (Å²) in [6.45, 7) is 7.40. The summed E-state index contributed by atoms with van der Waals surface area (Å²) in [5, 5.41) is 9.18. The first-order valence-corrected chi connectivity index (χ1v) is 10.9. The molecule has 0 bridgehead atoms. The van der Waals surface area contributed by atoms with Crippen LogP contribution in [0.1, 0.15) is 66.8 Å². The lowest BCUT2D eigenvalue weighted by molar-refractivity contribution is 0.317. The Morgan fingerprint density at radius 3 is 2.68 bits per heavy atom. The number of aryl methyl sites for hydroxylation is 2.